The molecule has 0 radical (unpaired) electrons. The molecule has 3 aromatic carbocycles. The predicted octanol–water partition coefficient (Wildman–Crippen LogP) is 6.42. The van der Waals surface area contributed by atoms with Crippen molar-refractivity contribution in [2.75, 3.05) is 25.1 Å². The van der Waals surface area contributed by atoms with Gasteiger partial charge in [0.2, 0.25) is 0 Å². The lowest BCUT2D eigenvalue weighted by atomic mass is 10.1. The molecule has 1 atom stereocenters. The van der Waals surface area contributed by atoms with Crippen molar-refractivity contribution < 1.29 is 19.7 Å². The summed E-state index contributed by atoms with van der Waals surface area (Å²) in [7, 11) is 0. The number of nitrogens with zero attached hydrogens (tertiary/aromatic N) is 4. The molecule has 11 nitrogen and oxygen atoms in total. The quantitative estimate of drug-likeness (QED) is 0.115. The summed E-state index contributed by atoms with van der Waals surface area (Å²) in [5.41, 5.74) is 0.135. The van der Waals surface area contributed by atoms with E-state index in [-0.39, 0.29) is 16.8 Å². The van der Waals surface area contributed by atoms with Gasteiger partial charge in [-0.3, -0.25) is 20.2 Å². The van der Waals surface area contributed by atoms with Crippen LogP contribution in [-0.2, 0) is 4.74 Å². The van der Waals surface area contributed by atoms with Gasteiger partial charge in [0.25, 0.3) is 5.69 Å². The van der Waals surface area contributed by atoms with E-state index in [2.05, 4.69) is 38.4 Å². The third-order valence-electron chi connectivity index (χ3n) is 5.07. The molecule has 184 valence electrons. The Balaban J connectivity index is 1.86. The van der Waals surface area contributed by atoms with Crippen LogP contribution in [0, 0.1) is 20.2 Å². The second-order valence-corrected chi connectivity index (χ2v) is 8.50. The maximum absolute atomic E-state index is 11.5. The maximum Gasteiger partial charge on any atom is 0.304 e. The Morgan fingerprint density at radius 2 is 1.83 bits per heavy atom. The summed E-state index contributed by atoms with van der Waals surface area (Å²) in [6.07, 6.45) is 1.30. The van der Waals surface area contributed by atoms with E-state index in [0.717, 1.165) is 41.4 Å². The fourth-order valence-corrected chi connectivity index (χ4v) is 3.81. The first-order chi connectivity index (χ1) is 16.8. The van der Waals surface area contributed by atoms with Gasteiger partial charge in [0.05, 0.1) is 38.8 Å². The Morgan fingerprint density at radius 3 is 2.51 bits per heavy atom. The van der Waals surface area contributed by atoms with Gasteiger partial charge in [-0.05, 0) is 34.5 Å². The molecular weight excluding hydrogens is 522 g/mol. The highest BCUT2D eigenvalue weighted by Crippen LogP contribution is 2.40. The number of non-ortho nitro benzene ring substituents is 1. The molecule has 3 aromatic rings. The number of rotatable bonds is 12. The summed E-state index contributed by atoms with van der Waals surface area (Å²) in [5, 5.41) is 45.7. The van der Waals surface area contributed by atoms with Gasteiger partial charge in [-0.15, -0.1) is 10.2 Å². The third kappa shape index (κ3) is 6.78. The number of halogens is 1. The number of benzene rings is 3. The van der Waals surface area contributed by atoms with Crippen LogP contribution in [0.1, 0.15) is 19.8 Å². The Kier molecular flexibility index (Phi) is 9.18. The fourth-order valence-electron chi connectivity index (χ4n) is 3.30. The van der Waals surface area contributed by atoms with E-state index in [1.807, 2.05) is 24.3 Å². The molecule has 0 saturated carbocycles. The van der Waals surface area contributed by atoms with Crippen LogP contribution in [0.2, 0.25) is 0 Å². The lowest BCUT2D eigenvalue weighted by molar-refractivity contribution is -0.393. The number of nitro benzene ring substituents is 2. The van der Waals surface area contributed by atoms with Crippen LogP contribution in [-0.4, -0.2) is 40.8 Å². The molecule has 0 saturated heterocycles. The second kappa shape index (κ2) is 12.3. The Bertz CT molecular complexity index is 1250. The maximum atomic E-state index is 11.5. The first kappa shape index (κ1) is 26.1. The molecule has 0 aliphatic heterocycles. The number of aliphatic hydroxyl groups excluding tert-OH is 1. The van der Waals surface area contributed by atoms with Gasteiger partial charge in [-0.1, -0.05) is 37.6 Å². The van der Waals surface area contributed by atoms with Gasteiger partial charge >= 0.3 is 5.69 Å². The van der Waals surface area contributed by atoms with Crippen molar-refractivity contribution in [3.05, 3.63) is 73.2 Å². The molecule has 0 fully saturated rings. The first-order valence-corrected chi connectivity index (χ1v) is 11.7. The Hall–Kier alpha value is -3.48. The molecule has 0 amide bonds. The van der Waals surface area contributed by atoms with Crippen molar-refractivity contribution >= 4 is 55.1 Å². The number of aliphatic hydroxyl groups is 1. The number of ether oxygens (including phenoxy) is 1. The Morgan fingerprint density at radius 1 is 1.09 bits per heavy atom. The third-order valence-corrected chi connectivity index (χ3v) is 5.68. The molecule has 35 heavy (non-hydrogen) atoms. The topological polar surface area (TPSA) is 152 Å². The monoisotopic (exact) mass is 545 g/mol. The standard InChI is InChI=1S/C23H24BrN5O6/c1-2-3-10-35-14-16(30)13-25-20-8-9-21(18-7-5-4-6-17(18)20)26-27-23-19(24)11-15(28(31)32)12-22(23)29(33)34/h4-9,11-12,16,25,30H,2-3,10,13-14H2,1H3/b27-26+. The van der Waals surface area contributed by atoms with Gasteiger partial charge in [0, 0.05) is 35.7 Å². The van der Waals surface area contributed by atoms with Crippen molar-refractivity contribution in [1.29, 1.82) is 0 Å². The molecule has 0 aliphatic rings. The van der Waals surface area contributed by atoms with Crippen molar-refractivity contribution in [1.82, 2.24) is 0 Å². The Labute approximate surface area is 209 Å². The van der Waals surface area contributed by atoms with Gasteiger partial charge in [0.15, 0.2) is 5.69 Å². The van der Waals surface area contributed by atoms with Crippen molar-refractivity contribution in [2.24, 2.45) is 10.2 Å². The van der Waals surface area contributed by atoms with E-state index in [1.165, 1.54) is 0 Å². The molecule has 3 rings (SSSR count). The van der Waals surface area contributed by atoms with Crippen molar-refractivity contribution in [2.45, 2.75) is 25.9 Å². The fraction of sp³-hybridized carbons (Fsp3) is 0.304. The molecule has 0 heterocycles. The number of hydrogen-bond acceptors (Lipinski definition) is 9. The first-order valence-electron chi connectivity index (χ1n) is 10.9. The number of hydrogen-bond donors (Lipinski definition) is 2. The number of nitrogens with one attached hydrogen (secondary N) is 1. The van der Waals surface area contributed by atoms with E-state index in [1.54, 1.807) is 12.1 Å². The minimum atomic E-state index is -0.742. The molecule has 0 spiro atoms. The zero-order chi connectivity index (χ0) is 25.4. The molecule has 0 bridgehead atoms. The average molecular weight is 546 g/mol. The number of nitro groups is 2. The summed E-state index contributed by atoms with van der Waals surface area (Å²) >= 11 is 3.12. The number of fused-ring (bicyclic) bond motifs is 1. The number of anilines is 1. The van der Waals surface area contributed by atoms with Crippen molar-refractivity contribution in [3.8, 4) is 0 Å². The van der Waals surface area contributed by atoms with Crippen LogP contribution in [0.3, 0.4) is 0 Å². The van der Waals surface area contributed by atoms with Crippen LogP contribution in [0.15, 0.2) is 63.2 Å². The average Bonchev–Trinajstić information content (AvgIpc) is 2.84. The van der Waals surface area contributed by atoms with Crippen LogP contribution in [0.5, 0.6) is 0 Å². The predicted molar refractivity (Wildman–Crippen MR) is 136 cm³/mol. The molecular formula is C23H24BrN5O6. The van der Waals surface area contributed by atoms with Crippen molar-refractivity contribution in [3.63, 3.8) is 0 Å². The summed E-state index contributed by atoms with van der Waals surface area (Å²) in [5.74, 6) is 0. The highest BCUT2D eigenvalue weighted by Gasteiger charge is 2.23. The summed E-state index contributed by atoms with van der Waals surface area (Å²) in [6.45, 7) is 3.21. The zero-order valence-corrected chi connectivity index (χ0v) is 20.5. The molecule has 1 unspecified atom stereocenters. The van der Waals surface area contributed by atoms with Crippen LogP contribution in [0.25, 0.3) is 10.8 Å². The molecule has 2 N–H and O–H groups in total. The minimum Gasteiger partial charge on any atom is -0.389 e. The van der Waals surface area contributed by atoms with E-state index >= 15 is 0 Å². The van der Waals surface area contributed by atoms with E-state index in [4.69, 9.17) is 4.74 Å². The smallest absolute Gasteiger partial charge is 0.304 e. The number of azo groups is 1. The van der Waals surface area contributed by atoms with Gasteiger partial charge < -0.3 is 15.2 Å². The minimum absolute atomic E-state index is 0.0832. The second-order valence-electron chi connectivity index (χ2n) is 7.65. The highest BCUT2D eigenvalue weighted by molar-refractivity contribution is 9.10. The molecule has 0 aromatic heterocycles. The highest BCUT2D eigenvalue weighted by atomic mass is 79.9. The molecule has 0 aliphatic carbocycles. The van der Waals surface area contributed by atoms with Crippen LogP contribution < -0.4 is 5.32 Å². The lowest BCUT2D eigenvalue weighted by Crippen LogP contribution is -2.25. The summed E-state index contributed by atoms with van der Waals surface area (Å²) in [4.78, 5) is 21.1. The van der Waals surface area contributed by atoms with E-state index in [9.17, 15) is 25.3 Å². The van der Waals surface area contributed by atoms with E-state index < -0.39 is 27.3 Å². The van der Waals surface area contributed by atoms with E-state index in [0.29, 0.717) is 18.8 Å². The lowest BCUT2D eigenvalue weighted by Gasteiger charge is -2.15. The van der Waals surface area contributed by atoms with Crippen LogP contribution >= 0.6 is 15.9 Å². The van der Waals surface area contributed by atoms with Gasteiger partial charge in [-0.2, -0.15) is 0 Å². The SMILES string of the molecule is CCCCOCC(O)CNc1ccc(/N=N/c2c(Br)cc([N+](=O)[O-])cc2[N+](=O)[O-])c2ccccc12. The molecule has 12 heteroatoms. The largest absolute Gasteiger partial charge is 0.389 e. The zero-order valence-electron chi connectivity index (χ0n) is 18.9. The summed E-state index contributed by atoms with van der Waals surface area (Å²) in [6, 6.07) is 12.9. The number of unbranched alkanes of at least 4 members (excludes halogenated alkanes) is 1. The summed E-state index contributed by atoms with van der Waals surface area (Å²) < 4.78 is 5.54. The van der Waals surface area contributed by atoms with Gasteiger partial charge in [-0.25, -0.2) is 0 Å². The van der Waals surface area contributed by atoms with Crippen LogP contribution in [0.4, 0.5) is 28.4 Å². The van der Waals surface area contributed by atoms with Gasteiger partial charge in [0.1, 0.15) is 0 Å². The normalized spacial score (nSPS) is 12.2.